The van der Waals surface area contributed by atoms with Crippen molar-refractivity contribution in [2.24, 2.45) is 10.9 Å². The maximum absolute atomic E-state index is 4.65. The Kier molecular flexibility index (Phi) is 9.52. The highest BCUT2D eigenvalue weighted by atomic mass is 127. The molecule has 154 valence electrons. The first-order valence-corrected chi connectivity index (χ1v) is 9.86. The number of anilines is 1. The molecule has 3 rings (SSSR count). The van der Waals surface area contributed by atoms with Crippen LogP contribution in [-0.2, 0) is 13.1 Å². The summed E-state index contributed by atoms with van der Waals surface area (Å²) in [4.78, 5) is 11.3. The van der Waals surface area contributed by atoms with Crippen LogP contribution in [0.3, 0.4) is 0 Å². The number of pyridine rings is 1. The molecule has 1 saturated heterocycles. The summed E-state index contributed by atoms with van der Waals surface area (Å²) in [7, 11) is 1.79. The fraction of sp³-hybridized carbons (Fsp3) is 0.550. The van der Waals surface area contributed by atoms with Crippen molar-refractivity contribution in [2.45, 2.75) is 39.3 Å². The first-order valence-electron chi connectivity index (χ1n) is 9.86. The van der Waals surface area contributed by atoms with Crippen molar-refractivity contribution in [1.29, 1.82) is 0 Å². The normalized spacial score (nSPS) is 15.2. The molecule has 0 amide bonds. The van der Waals surface area contributed by atoms with Gasteiger partial charge in [0.25, 0.3) is 0 Å². The molecular weight excluding hydrogens is 465 g/mol. The molecule has 0 bridgehead atoms. The number of rotatable bonds is 7. The maximum atomic E-state index is 4.65. The molecule has 0 aromatic carbocycles. The average molecular weight is 497 g/mol. The van der Waals surface area contributed by atoms with Crippen molar-refractivity contribution >= 4 is 35.8 Å². The van der Waals surface area contributed by atoms with Gasteiger partial charge in [-0.05, 0) is 42.9 Å². The van der Waals surface area contributed by atoms with Crippen LogP contribution >= 0.6 is 24.0 Å². The molecule has 1 aliphatic heterocycles. The van der Waals surface area contributed by atoms with Crippen molar-refractivity contribution in [1.82, 2.24) is 25.4 Å². The molecule has 2 aromatic rings. The molecule has 2 aromatic heterocycles. The minimum absolute atomic E-state index is 0. The molecule has 0 spiro atoms. The van der Waals surface area contributed by atoms with Crippen molar-refractivity contribution in [3.05, 3.63) is 42.4 Å². The van der Waals surface area contributed by atoms with Crippen LogP contribution in [0.25, 0.3) is 0 Å². The lowest BCUT2D eigenvalue weighted by Gasteiger charge is -2.31. The van der Waals surface area contributed by atoms with Gasteiger partial charge < -0.3 is 15.5 Å². The lowest BCUT2D eigenvalue weighted by atomic mass is 9.99. The number of nitrogens with zero attached hydrogens (tertiary/aromatic N) is 5. The van der Waals surface area contributed by atoms with E-state index in [0.29, 0.717) is 6.54 Å². The van der Waals surface area contributed by atoms with Gasteiger partial charge in [0.05, 0.1) is 0 Å². The number of aliphatic imine (C=N–C) groups is 1. The Balaban J connectivity index is 0.00000280. The third kappa shape index (κ3) is 6.96. The molecule has 3 heterocycles. The zero-order chi connectivity index (χ0) is 18.9. The Morgan fingerprint density at radius 1 is 1.25 bits per heavy atom. The van der Waals surface area contributed by atoms with E-state index in [9.17, 15) is 0 Å². The Morgan fingerprint density at radius 2 is 2.07 bits per heavy atom. The number of nitrogens with one attached hydrogen (secondary N) is 2. The first kappa shape index (κ1) is 22.4. The Morgan fingerprint density at radius 3 is 2.71 bits per heavy atom. The zero-order valence-corrected chi connectivity index (χ0v) is 19.2. The standard InChI is InChI=1S/C20H31N7.HI/c1-17-7-13-26(14-8-17)19-6-5-18(15-23-19)16-24-20(21-2)22-9-3-11-27-12-4-10-25-27;/h4-6,10,12,15,17H,3,7-9,11,13-14,16H2,1-2H3,(H2,21,22,24);1H. The fourth-order valence-electron chi connectivity index (χ4n) is 3.23. The van der Waals surface area contributed by atoms with Crippen LogP contribution < -0.4 is 15.5 Å². The molecule has 0 atom stereocenters. The number of guanidine groups is 1. The summed E-state index contributed by atoms with van der Waals surface area (Å²) in [5.74, 6) is 2.74. The predicted molar refractivity (Wildman–Crippen MR) is 125 cm³/mol. The van der Waals surface area contributed by atoms with Gasteiger partial charge in [0.1, 0.15) is 5.82 Å². The van der Waals surface area contributed by atoms with E-state index in [1.807, 2.05) is 23.1 Å². The molecule has 0 radical (unpaired) electrons. The summed E-state index contributed by atoms with van der Waals surface area (Å²) >= 11 is 0. The van der Waals surface area contributed by atoms with E-state index < -0.39 is 0 Å². The number of piperidine rings is 1. The molecular formula is C20H32IN7. The monoisotopic (exact) mass is 497 g/mol. The highest BCUT2D eigenvalue weighted by Crippen LogP contribution is 2.21. The molecule has 8 heteroatoms. The van der Waals surface area contributed by atoms with E-state index in [-0.39, 0.29) is 24.0 Å². The van der Waals surface area contributed by atoms with Crippen LogP contribution in [0.5, 0.6) is 0 Å². The average Bonchev–Trinajstić information content (AvgIpc) is 3.22. The van der Waals surface area contributed by atoms with Gasteiger partial charge in [0.2, 0.25) is 0 Å². The van der Waals surface area contributed by atoms with Gasteiger partial charge in [0, 0.05) is 58.4 Å². The van der Waals surface area contributed by atoms with E-state index in [0.717, 1.165) is 55.9 Å². The first-order chi connectivity index (χ1) is 13.2. The number of aromatic nitrogens is 3. The van der Waals surface area contributed by atoms with E-state index in [1.54, 1.807) is 13.2 Å². The van der Waals surface area contributed by atoms with Crippen molar-refractivity contribution < 1.29 is 0 Å². The van der Waals surface area contributed by atoms with Gasteiger partial charge in [-0.2, -0.15) is 5.10 Å². The van der Waals surface area contributed by atoms with Crippen LogP contribution in [0.1, 0.15) is 31.7 Å². The third-order valence-electron chi connectivity index (χ3n) is 5.02. The van der Waals surface area contributed by atoms with Crippen LogP contribution in [0, 0.1) is 5.92 Å². The molecule has 0 saturated carbocycles. The third-order valence-corrected chi connectivity index (χ3v) is 5.02. The summed E-state index contributed by atoms with van der Waals surface area (Å²) in [5, 5.41) is 10.9. The van der Waals surface area contributed by atoms with Crippen LogP contribution in [0.4, 0.5) is 5.82 Å². The second kappa shape index (κ2) is 11.9. The van der Waals surface area contributed by atoms with Gasteiger partial charge in [-0.1, -0.05) is 13.0 Å². The lowest BCUT2D eigenvalue weighted by molar-refractivity contribution is 0.436. The van der Waals surface area contributed by atoms with Gasteiger partial charge in [0.15, 0.2) is 5.96 Å². The van der Waals surface area contributed by atoms with Gasteiger partial charge >= 0.3 is 0 Å². The summed E-state index contributed by atoms with van der Waals surface area (Å²) in [6.07, 6.45) is 9.26. The summed E-state index contributed by atoms with van der Waals surface area (Å²) < 4.78 is 1.94. The summed E-state index contributed by atoms with van der Waals surface area (Å²) in [6.45, 7) is 7.02. The molecule has 7 nitrogen and oxygen atoms in total. The Hall–Kier alpha value is -1.84. The summed E-state index contributed by atoms with van der Waals surface area (Å²) in [5.41, 5.74) is 1.16. The second-order valence-electron chi connectivity index (χ2n) is 7.17. The predicted octanol–water partition coefficient (Wildman–Crippen LogP) is 2.89. The van der Waals surface area contributed by atoms with Gasteiger partial charge in [-0.3, -0.25) is 9.67 Å². The number of hydrogen-bond donors (Lipinski definition) is 2. The Labute approximate surface area is 185 Å². The van der Waals surface area contributed by atoms with E-state index in [2.05, 4.69) is 49.7 Å². The van der Waals surface area contributed by atoms with E-state index >= 15 is 0 Å². The SMILES string of the molecule is CN=C(NCCCn1cccn1)NCc1ccc(N2CCC(C)CC2)nc1.I. The highest BCUT2D eigenvalue weighted by Gasteiger charge is 2.16. The number of aryl methyl sites for hydroxylation is 1. The van der Waals surface area contributed by atoms with E-state index in [1.165, 1.54) is 12.8 Å². The Bertz CT molecular complexity index is 692. The number of halogens is 1. The molecule has 1 aliphatic rings. The number of hydrogen-bond acceptors (Lipinski definition) is 4. The molecule has 2 N–H and O–H groups in total. The van der Waals surface area contributed by atoms with Crippen LogP contribution in [0.2, 0.25) is 0 Å². The topological polar surface area (TPSA) is 70.4 Å². The van der Waals surface area contributed by atoms with Gasteiger partial charge in [-0.15, -0.1) is 24.0 Å². The smallest absolute Gasteiger partial charge is 0.191 e. The highest BCUT2D eigenvalue weighted by molar-refractivity contribution is 14.0. The minimum atomic E-state index is 0. The van der Waals surface area contributed by atoms with Crippen LogP contribution in [0.15, 0.2) is 41.8 Å². The lowest BCUT2D eigenvalue weighted by Crippen LogP contribution is -2.37. The zero-order valence-electron chi connectivity index (χ0n) is 16.8. The van der Waals surface area contributed by atoms with Gasteiger partial charge in [-0.25, -0.2) is 4.98 Å². The molecule has 28 heavy (non-hydrogen) atoms. The van der Waals surface area contributed by atoms with Crippen LogP contribution in [-0.4, -0.2) is 47.4 Å². The second-order valence-corrected chi connectivity index (χ2v) is 7.17. The fourth-order valence-corrected chi connectivity index (χ4v) is 3.23. The molecule has 0 unspecified atom stereocenters. The van der Waals surface area contributed by atoms with Crippen molar-refractivity contribution in [3.63, 3.8) is 0 Å². The van der Waals surface area contributed by atoms with Crippen molar-refractivity contribution in [3.8, 4) is 0 Å². The molecule has 0 aliphatic carbocycles. The quantitative estimate of drug-likeness (QED) is 0.267. The minimum Gasteiger partial charge on any atom is -0.357 e. The maximum Gasteiger partial charge on any atom is 0.191 e. The largest absolute Gasteiger partial charge is 0.357 e. The summed E-state index contributed by atoms with van der Waals surface area (Å²) in [6, 6.07) is 6.23. The molecule has 1 fully saturated rings. The van der Waals surface area contributed by atoms with E-state index in [4.69, 9.17) is 0 Å². The van der Waals surface area contributed by atoms with Crippen molar-refractivity contribution in [2.75, 3.05) is 31.6 Å².